The van der Waals surface area contributed by atoms with E-state index in [-0.39, 0.29) is 31.1 Å². The summed E-state index contributed by atoms with van der Waals surface area (Å²) in [6, 6.07) is 0. The quantitative estimate of drug-likeness (QED) is 0.0261. The minimum absolute atomic E-state index is 0.0912. The summed E-state index contributed by atoms with van der Waals surface area (Å²) in [5.74, 6) is -0.914. The minimum atomic E-state index is -0.795. The van der Waals surface area contributed by atoms with Gasteiger partial charge in [0.1, 0.15) is 13.2 Å². The van der Waals surface area contributed by atoms with Crippen LogP contribution in [0.15, 0.2) is 97.2 Å². The van der Waals surface area contributed by atoms with E-state index in [4.69, 9.17) is 14.2 Å². The molecule has 1 atom stereocenters. The lowest BCUT2D eigenvalue weighted by Crippen LogP contribution is -2.30. The number of allylic oxidation sites excluding steroid dienone is 16. The van der Waals surface area contributed by atoms with Crippen molar-refractivity contribution < 1.29 is 28.6 Å². The van der Waals surface area contributed by atoms with Gasteiger partial charge < -0.3 is 14.2 Å². The summed E-state index contributed by atoms with van der Waals surface area (Å²) < 4.78 is 16.9. The molecule has 0 amide bonds. The number of esters is 3. The molecule has 0 rings (SSSR count). The molecule has 0 bridgehead atoms. The third-order valence-corrected chi connectivity index (χ3v) is 14.6. The van der Waals surface area contributed by atoms with Crippen molar-refractivity contribution in [2.45, 2.75) is 335 Å². The Balaban J connectivity index is 4.39. The molecule has 0 aromatic heterocycles. The molecule has 0 aromatic carbocycles. The second-order valence-corrected chi connectivity index (χ2v) is 22.4. The van der Waals surface area contributed by atoms with Gasteiger partial charge >= 0.3 is 17.9 Å². The SMILES string of the molecule is CC/C=C\C/C=C\C/C=C\C/C=C\C/C=C\C/C=C\CCCCCCC(=O)OCC(COC(=O)CCCCCCC/C=C\C/C=C\CCCCC)OC(=O)CCCCCCCCCCCCCCCCCCCCCCCCC. The molecule has 0 radical (unpaired) electrons. The smallest absolute Gasteiger partial charge is 0.306 e. The monoisotopic (exact) mass is 1100 g/mol. The predicted molar refractivity (Wildman–Crippen MR) is 344 cm³/mol. The largest absolute Gasteiger partial charge is 0.462 e. The zero-order valence-electron chi connectivity index (χ0n) is 52.1. The van der Waals surface area contributed by atoms with Gasteiger partial charge in [-0.3, -0.25) is 14.4 Å². The summed E-state index contributed by atoms with van der Waals surface area (Å²) in [5, 5.41) is 0. The van der Waals surface area contributed by atoms with Gasteiger partial charge in [0.2, 0.25) is 0 Å². The molecule has 6 heteroatoms. The highest BCUT2D eigenvalue weighted by atomic mass is 16.6. The van der Waals surface area contributed by atoms with Crippen molar-refractivity contribution in [2.24, 2.45) is 0 Å². The van der Waals surface area contributed by atoms with Crippen LogP contribution in [0.3, 0.4) is 0 Å². The highest BCUT2D eigenvalue weighted by Crippen LogP contribution is 2.17. The molecule has 1 unspecified atom stereocenters. The molecule has 454 valence electrons. The van der Waals surface area contributed by atoms with Crippen LogP contribution in [0.4, 0.5) is 0 Å². The Morgan fingerprint density at radius 3 is 0.797 bits per heavy atom. The molecule has 0 saturated heterocycles. The predicted octanol–water partition coefficient (Wildman–Crippen LogP) is 23.2. The van der Waals surface area contributed by atoms with Crippen LogP contribution in [0.2, 0.25) is 0 Å². The third kappa shape index (κ3) is 65.0. The molecule has 0 aliphatic heterocycles. The fourth-order valence-electron chi connectivity index (χ4n) is 9.54. The molecule has 0 N–H and O–H groups in total. The minimum Gasteiger partial charge on any atom is -0.462 e. The molecular weight excluding hydrogens is 973 g/mol. The molecule has 0 fully saturated rings. The number of ether oxygens (including phenoxy) is 3. The van der Waals surface area contributed by atoms with Crippen molar-refractivity contribution in [3.63, 3.8) is 0 Å². The van der Waals surface area contributed by atoms with Gasteiger partial charge in [-0.25, -0.2) is 0 Å². The Kier molecular flexibility index (Phi) is 63.7. The van der Waals surface area contributed by atoms with E-state index in [0.717, 1.165) is 135 Å². The van der Waals surface area contributed by atoms with E-state index in [0.29, 0.717) is 19.3 Å². The molecule has 0 spiro atoms. The first-order valence-corrected chi connectivity index (χ1v) is 33.7. The summed E-state index contributed by atoms with van der Waals surface area (Å²) in [6.45, 7) is 6.51. The lowest BCUT2D eigenvalue weighted by molar-refractivity contribution is -0.167. The standard InChI is InChI=1S/C73H126O6/c1-4-7-10-13-16-19-22-25-28-30-32-34-36-38-40-42-45-48-51-54-57-60-63-66-72(75)78-69-70(68-77-71(74)65-62-59-56-53-50-47-44-27-24-21-18-15-12-9-6-3)79-73(76)67-64-61-58-55-52-49-46-43-41-39-37-35-33-31-29-26-23-20-17-14-11-8-5-2/h7,10,16,18-19,21,25,27-28,32,34,38,40,44-45,48,70H,4-6,8-9,11-15,17,20,22-24,26,29-31,33,35-37,39,41-43,46-47,49-69H2,1-3H3/b10-7-,19-16-,21-18-,28-25-,34-32-,40-38-,44-27-,48-45-. The Bertz CT molecular complexity index is 1540. The highest BCUT2D eigenvalue weighted by molar-refractivity contribution is 5.71. The van der Waals surface area contributed by atoms with Crippen LogP contribution in [-0.2, 0) is 28.6 Å². The average molecular weight is 1100 g/mol. The van der Waals surface area contributed by atoms with Gasteiger partial charge in [-0.05, 0) is 103 Å². The molecule has 0 aliphatic rings. The van der Waals surface area contributed by atoms with Crippen molar-refractivity contribution in [1.29, 1.82) is 0 Å². The zero-order chi connectivity index (χ0) is 57.1. The molecule has 0 saturated carbocycles. The van der Waals surface area contributed by atoms with Crippen LogP contribution >= 0.6 is 0 Å². The van der Waals surface area contributed by atoms with E-state index in [1.54, 1.807) is 0 Å². The van der Waals surface area contributed by atoms with Crippen molar-refractivity contribution >= 4 is 17.9 Å². The first-order chi connectivity index (χ1) is 39.0. The van der Waals surface area contributed by atoms with Crippen LogP contribution in [0.1, 0.15) is 329 Å². The maximum atomic E-state index is 12.9. The van der Waals surface area contributed by atoms with Crippen LogP contribution in [-0.4, -0.2) is 37.2 Å². The van der Waals surface area contributed by atoms with Gasteiger partial charge in [-0.15, -0.1) is 0 Å². The van der Waals surface area contributed by atoms with Crippen molar-refractivity contribution in [3.05, 3.63) is 97.2 Å². The van der Waals surface area contributed by atoms with Crippen molar-refractivity contribution in [1.82, 2.24) is 0 Å². The fraction of sp³-hybridized carbons (Fsp3) is 0.740. The second kappa shape index (κ2) is 66.8. The van der Waals surface area contributed by atoms with Crippen molar-refractivity contribution in [2.75, 3.05) is 13.2 Å². The summed E-state index contributed by atoms with van der Waals surface area (Å²) in [6.07, 6.45) is 89.9. The van der Waals surface area contributed by atoms with Gasteiger partial charge in [-0.2, -0.15) is 0 Å². The van der Waals surface area contributed by atoms with Crippen LogP contribution in [0.5, 0.6) is 0 Å². The highest BCUT2D eigenvalue weighted by Gasteiger charge is 2.19. The van der Waals surface area contributed by atoms with E-state index in [2.05, 4.69) is 118 Å². The number of unbranched alkanes of at least 4 members (excludes halogenated alkanes) is 34. The Hall–Kier alpha value is -3.67. The molecule has 6 nitrogen and oxygen atoms in total. The van der Waals surface area contributed by atoms with Crippen molar-refractivity contribution in [3.8, 4) is 0 Å². The van der Waals surface area contributed by atoms with Crippen LogP contribution < -0.4 is 0 Å². The summed E-state index contributed by atoms with van der Waals surface area (Å²) in [5.41, 5.74) is 0. The number of hydrogen-bond donors (Lipinski definition) is 0. The maximum absolute atomic E-state index is 12.9. The summed E-state index contributed by atoms with van der Waals surface area (Å²) in [4.78, 5) is 38.4. The average Bonchev–Trinajstić information content (AvgIpc) is 3.45. The lowest BCUT2D eigenvalue weighted by Gasteiger charge is -2.18. The summed E-state index contributed by atoms with van der Waals surface area (Å²) >= 11 is 0. The number of rotatable bonds is 61. The fourth-order valence-corrected chi connectivity index (χ4v) is 9.54. The normalized spacial score (nSPS) is 12.7. The van der Waals surface area contributed by atoms with Gasteiger partial charge in [0, 0.05) is 19.3 Å². The van der Waals surface area contributed by atoms with E-state index in [1.165, 1.54) is 154 Å². The van der Waals surface area contributed by atoms with E-state index in [1.807, 2.05) is 0 Å². The maximum Gasteiger partial charge on any atom is 0.306 e. The number of carbonyl (C=O) groups is 3. The van der Waals surface area contributed by atoms with Gasteiger partial charge in [-0.1, -0.05) is 304 Å². The molecule has 79 heavy (non-hydrogen) atoms. The third-order valence-electron chi connectivity index (χ3n) is 14.6. The number of hydrogen-bond acceptors (Lipinski definition) is 6. The first-order valence-electron chi connectivity index (χ1n) is 33.7. The van der Waals surface area contributed by atoms with Gasteiger partial charge in [0.05, 0.1) is 0 Å². The molecule has 0 heterocycles. The second-order valence-electron chi connectivity index (χ2n) is 22.4. The molecule has 0 aliphatic carbocycles. The lowest BCUT2D eigenvalue weighted by atomic mass is 10.0. The first kappa shape index (κ1) is 75.3. The van der Waals surface area contributed by atoms with Gasteiger partial charge in [0.25, 0.3) is 0 Å². The Labute approximate surface area is 489 Å². The molecule has 0 aromatic rings. The Morgan fingerprint density at radius 2 is 0.494 bits per heavy atom. The van der Waals surface area contributed by atoms with E-state index >= 15 is 0 Å². The van der Waals surface area contributed by atoms with Crippen LogP contribution in [0, 0.1) is 0 Å². The topological polar surface area (TPSA) is 78.9 Å². The van der Waals surface area contributed by atoms with E-state index in [9.17, 15) is 14.4 Å². The zero-order valence-corrected chi connectivity index (χ0v) is 52.1. The Morgan fingerprint density at radius 1 is 0.266 bits per heavy atom. The molecular formula is C73H126O6. The van der Waals surface area contributed by atoms with Crippen LogP contribution in [0.25, 0.3) is 0 Å². The van der Waals surface area contributed by atoms with E-state index < -0.39 is 6.10 Å². The summed E-state index contributed by atoms with van der Waals surface area (Å²) in [7, 11) is 0. The number of carbonyl (C=O) groups excluding carboxylic acids is 3. The van der Waals surface area contributed by atoms with Gasteiger partial charge in [0.15, 0.2) is 6.10 Å².